The maximum absolute atomic E-state index is 13.0. The molecule has 0 bridgehead atoms. The highest BCUT2D eigenvalue weighted by Gasteiger charge is 2.24. The van der Waals surface area contributed by atoms with Crippen LogP contribution in [0.4, 0.5) is 0 Å². The molecule has 0 spiro atoms. The van der Waals surface area contributed by atoms with Crippen molar-refractivity contribution in [2.75, 3.05) is 6.61 Å². The molecule has 0 aliphatic carbocycles. The van der Waals surface area contributed by atoms with Gasteiger partial charge in [-0.25, -0.2) is 0 Å². The van der Waals surface area contributed by atoms with Crippen LogP contribution in [0.5, 0.6) is 0 Å². The average Bonchev–Trinajstić information content (AvgIpc) is 3.10. The van der Waals surface area contributed by atoms with Crippen LogP contribution in [0.1, 0.15) is 245 Å². The fraction of sp³-hybridized carbons (Fsp3) is 0.955. The van der Waals surface area contributed by atoms with Crippen LogP contribution >= 0.6 is 0 Å². The normalized spacial score (nSPS) is 13.3. The summed E-state index contributed by atoms with van der Waals surface area (Å²) in [7, 11) is 0. The van der Waals surface area contributed by atoms with Crippen molar-refractivity contribution in [2.45, 2.75) is 264 Å². The Morgan fingerprint density at radius 2 is 0.840 bits per heavy atom. The van der Waals surface area contributed by atoms with Crippen molar-refractivity contribution in [1.82, 2.24) is 5.32 Å². The van der Waals surface area contributed by atoms with E-state index in [4.69, 9.17) is 4.74 Å². The number of aliphatic hydroxyl groups excluding tert-OH is 2. The van der Waals surface area contributed by atoms with Gasteiger partial charge in [0.15, 0.2) is 0 Å². The van der Waals surface area contributed by atoms with Gasteiger partial charge in [-0.05, 0) is 25.7 Å². The van der Waals surface area contributed by atoms with E-state index in [1.807, 2.05) is 0 Å². The summed E-state index contributed by atoms with van der Waals surface area (Å²) >= 11 is 0. The Balaban J connectivity index is 4.42. The van der Waals surface area contributed by atoms with Crippen LogP contribution in [0.2, 0.25) is 0 Å². The SMILES string of the molecule is CCCCCCCCCCCCCCCC(=O)OC(CCCCCCCCC)CC(=O)NC(CO)C(O)CCCCCCCCCCCCC. The van der Waals surface area contributed by atoms with E-state index in [-0.39, 0.29) is 24.9 Å². The standard InChI is InChI=1S/C44H87NO5/c1-4-7-10-13-16-18-20-21-23-25-28-31-34-37-44(49)50-40(35-32-29-26-15-12-9-6-3)38-43(48)45-41(39-46)42(47)36-33-30-27-24-22-19-17-14-11-8-5-2/h40-42,46-47H,4-39H2,1-3H3,(H,45,48). The van der Waals surface area contributed by atoms with Crippen LogP contribution in [0, 0.1) is 0 Å². The number of hydrogen-bond acceptors (Lipinski definition) is 5. The minimum absolute atomic E-state index is 0.0852. The third kappa shape index (κ3) is 34.0. The lowest BCUT2D eigenvalue weighted by atomic mass is 10.0. The molecule has 0 aromatic heterocycles. The van der Waals surface area contributed by atoms with Crippen molar-refractivity contribution in [3.8, 4) is 0 Å². The summed E-state index contributed by atoms with van der Waals surface area (Å²) in [6, 6.07) is -0.689. The van der Waals surface area contributed by atoms with Crippen molar-refractivity contribution in [3.05, 3.63) is 0 Å². The van der Waals surface area contributed by atoms with Gasteiger partial charge in [0.25, 0.3) is 0 Å². The molecule has 0 aromatic carbocycles. The molecular weight excluding hydrogens is 622 g/mol. The number of amides is 1. The third-order valence-corrected chi connectivity index (χ3v) is 10.4. The maximum Gasteiger partial charge on any atom is 0.306 e. The van der Waals surface area contributed by atoms with E-state index in [0.29, 0.717) is 19.3 Å². The monoisotopic (exact) mass is 710 g/mol. The number of aliphatic hydroxyl groups is 2. The second-order valence-electron chi connectivity index (χ2n) is 15.5. The largest absolute Gasteiger partial charge is 0.462 e. The van der Waals surface area contributed by atoms with Crippen LogP contribution in [0.15, 0.2) is 0 Å². The zero-order valence-corrected chi connectivity index (χ0v) is 33.8. The summed E-state index contributed by atoms with van der Waals surface area (Å²) in [6.07, 6.45) is 38.8. The molecule has 0 rings (SSSR count). The number of carbonyl (C=O) groups is 2. The highest BCUT2D eigenvalue weighted by Crippen LogP contribution is 2.18. The van der Waals surface area contributed by atoms with Crippen LogP contribution in [0.25, 0.3) is 0 Å². The summed E-state index contributed by atoms with van der Waals surface area (Å²) in [4.78, 5) is 25.8. The first-order valence-electron chi connectivity index (χ1n) is 22.3. The summed E-state index contributed by atoms with van der Waals surface area (Å²) in [6.45, 7) is 6.44. The number of nitrogens with one attached hydrogen (secondary N) is 1. The molecule has 0 fully saturated rings. The van der Waals surface area contributed by atoms with Gasteiger partial charge >= 0.3 is 5.97 Å². The number of carbonyl (C=O) groups excluding carboxylic acids is 2. The summed E-state index contributed by atoms with van der Waals surface area (Å²) in [5, 5.41) is 23.5. The van der Waals surface area contributed by atoms with Crippen molar-refractivity contribution >= 4 is 11.9 Å². The first kappa shape index (κ1) is 48.9. The first-order valence-corrected chi connectivity index (χ1v) is 22.3. The number of esters is 1. The highest BCUT2D eigenvalue weighted by molar-refractivity contribution is 5.77. The minimum Gasteiger partial charge on any atom is -0.462 e. The number of hydrogen-bond donors (Lipinski definition) is 3. The Morgan fingerprint density at radius 1 is 0.500 bits per heavy atom. The first-order chi connectivity index (χ1) is 24.5. The third-order valence-electron chi connectivity index (χ3n) is 10.4. The van der Waals surface area contributed by atoms with Gasteiger partial charge in [-0.2, -0.15) is 0 Å². The second kappa shape index (κ2) is 39.1. The molecule has 0 aromatic rings. The summed E-state index contributed by atoms with van der Waals surface area (Å²) < 4.78 is 5.87. The maximum atomic E-state index is 13.0. The summed E-state index contributed by atoms with van der Waals surface area (Å²) in [5.41, 5.74) is 0. The van der Waals surface area contributed by atoms with Gasteiger partial charge in [-0.1, -0.05) is 207 Å². The zero-order valence-electron chi connectivity index (χ0n) is 33.8. The molecule has 3 atom stereocenters. The van der Waals surface area contributed by atoms with Crippen molar-refractivity contribution in [3.63, 3.8) is 0 Å². The van der Waals surface area contributed by atoms with Crippen molar-refractivity contribution in [1.29, 1.82) is 0 Å². The molecule has 0 aliphatic heterocycles. The predicted octanol–water partition coefficient (Wildman–Crippen LogP) is 12.4. The zero-order chi connectivity index (χ0) is 36.8. The van der Waals surface area contributed by atoms with Gasteiger partial charge in [0.1, 0.15) is 6.10 Å². The van der Waals surface area contributed by atoms with Crippen molar-refractivity contribution < 1.29 is 24.5 Å². The van der Waals surface area contributed by atoms with Gasteiger partial charge in [0, 0.05) is 6.42 Å². The number of rotatable bonds is 40. The Labute approximate surface area is 311 Å². The lowest BCUT2D eigenvalue weighted by Gasteiger charge is -2.24. The Kier molecular flexibility index (Phi) is 38.2. The fourth-order valence-corrected chi connectivity index (χ4v) is 7.02. The van der Waals surface area contributed by atoms with E-state index in [0.717, 1.165) is 44.9 Å². The van der Waals surface area contributed by atoms with E-state index in [1.54, 1.807) is 0 Å². The van der Waals surface area contributed by atoms with E-state index in [2.05, 4.69) is 26.1 Å². The van der Waals surface area contributed by atoms with Crippen LogP contribution in [-0.4, -0.2) is 46.9 Å². The molecule has 6 nitrogen and oxygen atoms in total. The smallest absolute Gasteiger partial charge is 0.306 e. The molecular formula is C44H87NO5. The van der Waals surface area contributed by atoms with Crippen molar-refractivity contribution in [2.24, 2.45) is 0 Å². The molecule has 0 aliphatic rings. The molecule has 0 radical (unpaired) electrons. The molecule has 50 heavy (non-hydrogen) atoms. The number of unbranched alkanes of at least 4 members (excludes halogenated alkanes) is 28. The van der Waals surface area contributed by atoms with Crippen LogP contribution in [-0.2, 0) is 14.3 Å². The van der Waals surface area contributed by atoms with E-state index >= 15 is 0 Å². The number of ether oxygens (including phenoxy) is 1. The molecule has 6 heteroatoms. The van der Waals surface area contributed by atoms with Gasteiger partial charge < -0.3 is 20.3 Å². The fourth-order valence-electron chi connectivity index (χ4n) is 7.02. The van der Waals surface area contributed by atoms with Crippen LogP contribution in [0.3, 0.4) is 0 Å². The van der Waals surface area contributed by atoms with Gasteiger partial charge in [0.05, 0.1) is 25.2 Å². The second-order valence-corrected chi connectivity index (χ2v) is 15.5. The Morgan fingerprint density at radius 3 is 1.22 bits per heavy atom. The molecule has 298 valence electrons. The summed E-state index contributed by atoms with van der Waals surface area (Å²) in [5.74, 6) is -0.465. The van der Waals surface area contributed by atoms with Gasteiger partial charge in [0.2, 0.25) is 5.91 Å². The quantitative estimate of drug-likeness (QED) is 0.0435. The predicted molar refractivity (Wildman–Crippen MR) is 214 cm³/mol. The lowest BCUT2D eigenvalue weighted by molar-refractivity contribution is -0.151. The topological polar surface area (TPSA) is 95.9 Å². The molecule has 0 saturated carbocycles. The van der Waals surface area contributed by atoms with Gasteiger partial charge in [-0.3, -0.25) is 9.59 Å². The van der Waals surface area contributed by atoms with Crippen LogP contribution < -0.4 is 5.32 Å². The van der Waals surface area contributed by atoms with E-state index in [1.165, 1.54) is 154 Å². The Bertz CT molecular complexity index is 717. The minimum atomic E-state index is -0.776. The Hall–Kier alpha value is -1.14. The molecule has 3 unspecified atom stereocenters. The average molecular weight is 710 g/mol. The molecule has 0 heterocycles. The van der Waals surface area contributed by atoms with Gasteiger partial charge in [-0.15, -0.1) is 0 Å². The van der Waals surface area contributed by atoms with E-state index < -0.39 is 18.2 Å². The molecule has 3 N–H and O–H groups in total. The molecule has 0 saturated heterocycles. The molecule has 1 amide bonds. The van der Waals surface area contributed by atoms with E-state index in [9.17, 15) is 19.8 Å². The lowest BCUT2D eigenvalue weighted by Crippen LogP contribution is -2.46. The highest BCUT2D eigenvalue weighted by atomic mass is 16.5.